The van der Waals surface area contributed by atoms with E-state index in [2.05, 4.69) is 35.5 Å². The minimum absolute atomic E-state index is 0.104. The van der Waals surface area contributed by atoms with Crippen molar-refractivity contribution in [1.82, 2.24) is 20.3 Å². The number of amides is 1. The lowest BCUT2D eigenvalue weighted by Crippen LogP contribution is -2.32. The number of rotatable bonds is 6. The predicted molar refractivity (Wildman–Crippen MR) is 86.8 cm³/mol. The molecule has 0 aliphatic heterocycles. The van der Waals surface area contributed by atoms with E-state index in [4.69, 9.17) is 0 Å². The fourth-order valence-electron chi connectivity index (χ4n) is 2.50. The van der Waals surface area contributed by atoms with E-state index < -0.39 is 5.54 Å². The second-order valence-electron chi connectivity index (χ2n) is 6.08. The van der Waals surface area contributed by atoms with Gasteiger partial charge in [-0.3, -0.25) is 4.79 Å². The normalized spacial score (nSPS) is 18.0. The van der Waals surface area contributed by atoms with Crippen LogP contribution in [-0.4, -0.2) is 20.9 Å². The fraction of sp³-hybridized carbons (Fsp3) is 0.500. The van der Waals surface area contributed by atoms with Crippen molar-refractivity contribution in [1.29, 1.82) is 5.26 Å². The largest absolute Gasteiger partial charge is 0.343 e. The number of aromatic nitrogens is 3. The van der Waals surface area contributed by atoms with Crippen molar-refractivity contribution in [2.24, 2.45) is 5.92 Å². The first-order valence-corrected chi connectivity index (χ1v) is 8.71. The van der Waals surface area contributed by atoms with Gasteiger partial charge in [-0.25, -0.2) is 4.68 Å². The quantitative estimate of drug-likeness (QED) is 0.883. The molecule has 6 nitrogen and oxygen atoms in total. The van der Waals surface area contributed by atoms with Gasteiger partial charge in [0.2, 0.25) is 0 Å². The summed E-state index contributed by atoms with van der Waals surface area (Å²) in [5, 5.41) is 24.4. The van der Waals surface area contributed by atoms with Gasteiger partial charge in [0.25, 0.3) is 5.91 Å². The van der Waals surface area contributed by atoms with Crippen molar-refractivity contribution in [3.63, 3.8) is 0 Å². The van der Waals surface area contributed by atoms with Gasteiger partial charge >= 0.3 is 0 Å². The average molecular weight is 329 g/mol. The van der Waals surface area contributed by atoms with E-state index in [0.29, 0.717) is 11.3 Å². The van der Waals surface area contributed by atoms with E-state index in [1.807, 2.05) is 10.8 Å². The van der Waals surface area contributed by atoms with Crippen LogP contribution in [0.5, 0.6) is 0 Å². The summed E-state index contributed by atoms with van der Waals surface area (Å²) in [6.07, 6.45) is 4.33. The lowest BCUT2D eigenvalue weighted by molar-refractivity contribution is 0.0922. The van der Waals surface area contributed by atoms with E-state index in [9.17, 15) is 10.1 Å². The molecule has 1 unspecified atom stereocenters. The summed E-state index contributed by atoms with van der Waals surface area (Å²) < 4.78 is 1.65. The molecule has 23 heavy (non-hydrogen) atoms. The molecule has 0 bridgehead atoms. The monoisotopic (exact) mass is 329 g/mol. The van der Waals surface area contributed by atoms with Crippen LogP contribution in [0.25, 0.3) is 0 Å². The molecule has 0 spiro atoms. The zero-order valence-corrected chi connectivity index (χ0v) is 14.0. The van der Waals surface area contributed by atoms with Gasteiger partial charge < -0.3 is 5.32 Å². The second kappa shape index (κ2) is 6.13. The summed E-state index contributed by atoms with van der Waals surface area (Å²) in [5.74, 6) is 0.118. The highest BCUT2D eigenvalue weighted by Crippen LogP contribution is 2.42. The van der Waals surface area contributed by atoms with Gasteiger partial charge in [0.05, 0.1) is 23.9 Å². The number of nitrogens with one attached hydrogen (secondary N) is 1. The van der Waals surface area contributed by atoms with Gasteiger partial charge in [-0.15, -0.1) is 5.10 Å². The number of carbonyl (C=O) groups excluding carboxylic acids is 1. The van der Waals surface area contributed by atoms with E-state index in [1.54, 1.807) is 16.9 Å². The zero-order chi connectivity index (χ0) is 16.4. The van der Waals surface area contributed by atoms with Crippen LogP contribution in [0.3, 0.4) is 0 Å². The maximum Gasteiger partial charge on any atom is 0.252 e. The average Bonchev–Trinajstić information content (AvgIpc) is 2.99. The van der Waals surface area contributed by atoms with Crippen LogP contribution < -0.4 is 5.32 Å². The summed E-state index contributed by atoms with van der Waals surface area (Å²) >= 11 is 1.49. The molecule has 2 heterocycles. The maximum atomic E-state index is 12.4. The number of nitrogens with zero attached hydrogens (tertiary/aromatic N) is 4. The Bertz CT molecular complexity index is 726. The summed E-state index contributed by atoms with van der Waals surface area (Å²) in [4.78, 5) is 12.4. The molecule has 0 saturated heterocycles. The molecule has 0 aromatic carbocycles. The van der Waals surface area contributed by atoms with Gasteiger partial charge in [0.15, 0.2) is 5.54 Å². The number of thiophene rings is 1. The molecule has 1 saturated carbocycles. The Balaban J connectivity index is 1.82. The third kappa shape index (κ3) is 2.99. The lowest BCUT2D eigenvalue weighted by Gasteiger charge is -2.22. The van der Waals surface area contributed by atoms with Gasteiger partial charge in [0, 0.05) is 5.38 Å². The summed E-state index contributed by atoms with van der Waals surface area (Å²) in [6, 6.07) is 3.89. The Morgan fingerprint density at radius 1 is 1.61 bits per heavy atom. The van der Waals surface area contributed by atoms with Crippen LogP contribution >= 0.6 is 11.3 Å². The maximum absolute atomic E-state index is 12.4. The van der Waals surface area contributed by atoms with E-state index in [0.717, 1.165) is 19.3 Å². The van der Waals surface area contributed by atoms with Gasteiger partial charge in [0.1, 0.15) is 5.69 Å². The van der Waals surface area contributed by atoms with Gasteiger partial charge in [-0.1, -0.05) is 25.5 Å². The van der Waals surface area contributed by atoms with Crippen LogP contribution in [0.2, 0.25) is 0 Å². The Labute approximate surface area is 139 Å². The standard InChI is InChI=1S/C16H19N5OS/c1-3-11(2)14(18-15(22)12-4-7-23-9-12)13-8-21(20-19-13)16(10-17)5-6-16/h4,7-9,11,14H,3,5-6H2,1-2H3,(H,18,22)/t11?,14-/m0/s1. The van der Waals surface area contributed by atoms with Crippen molar-refractivity contribution in [3.8, 4) is 6.07 Å². The Hall–Kier alpha value is -2.20. The molecule has 1 aliphatic rings. The van der Waals surface area contributed by atoms with Crippen molar-refractivity contribution in [2.45, 2.75) is 44.7 Å². The topological polar surface area (TPSA) is 83.6 Å². The van der Waals surface area contributed by atoms with Gasteiger partial charge in [-0.2, -0.15) is 16.6 Å². The smallest absolute Gasteiger partial charge is 0.252 e. The second-order valence-corrected chi connectivity index (χ2v) is 6.86. The number of hydrogen-bond donors (Lipinski definition) is 1. The van der Waals surface area contributed by atoms with Crippen LogP contribution in [0.4, 0.5) is 0 Å². The van der Waals surface area contributed by atoms with E-state index in [1.165, 1.54) is 11.3 Å². The zero-order valence-electron chi connectivity index (χ0n) is 13.2. The molecule has 3 rings (SSSR count). The molecule has 2 aromatic rings. The van der Waals surface area contributed by atoms with E-state index >= 15 is 0 Å². The van der Waals surface area contributed by atoms with Crippen molar-refractivity contribution in [2.75, 3.05) is 0 Å². The Morgan fingerprint density at radius 3 is 2.96 bits per heavy atom. The van der Waals surface area contributed by atoms with Crippen LogP contribution in [-0.2, 0) is 5.54 Å². The first-order valence-electron chi connectivity index (χ1n) is 7.76. The molecular formula is C16H19N5OS. The first-order chi connectivity index (χ1) is 11.1. The Morgan fingerprint density at radius 2 is 2.39 bits per heavy atom. The number of hydrogen-bond acceptors (Lipinski definition) is 5. The highest BCUT2D eigenvalue weighted by Gasteiger charge is 2.47. The van der Waals surface area contributed by atoms with E-state index in [-0.39, 0.29) is 17.9 Å². The predicted octanol–water partition coefficient (Wildman–Crippen LogP) is 2.87. The minimum atomic E-state index is -0.525. The lowest BCUT2D eigenvalue weighted by atomic mass is 9.96. The van der Waals surface area contributed by atoms with Crippen molar-refractivity contribution < 1.29 is 4.79 Å². The van der Waals surface area contributed by atoms with Crippen LogP contribution in [0.15, 0.2) is 23.0 Å². The molecule has 1 aliphatic carbocycles. The molecule has 120 valence electrons. The number of nitriles is 1. The molecule has 1 fully saturated rings. The highest BCUT2D eigenvalue weighted by molar-refractivity contribution is 7.08. The molecule has 2 atom stereocenters. The molecular weight excluding hydrogens is 310 g/mol. The summed E-state index contributed by atoms with van der Waals surface area (Å²) in [7, 11) is 0. The number of carbonyl (C=O) groups is 1. The summed E-state index contributed by atoms with van der Waals surface area (Å²) in [5.41, 5.74) is 0.846. The molecule has 1 N–H and O–H groups in total. The SMILES string of the molecule is CCC(C)[C@H](NC(=O)c1ccsc1)c1cn(C2(C#N)CC2)nn1. The molecule has 0 radical (unpaired) electrons. The first kappa shape index (κ1) is 15.7. The fourth-order valence-corrected chi connectivity index (χ4v) is 3.14. The molecule has 7 heteroatoms. The van der Waals surface area contributed by atoms with Crippen molar-refractivity contribution >= 4 is 17.2 Å². The third-order valence-corrected chi connectivity index (χ3v) is 5.17. The van der Waals surface area contributed by atoms with Crippen LogP contribution in [0.1, 0.15) is 55.2 Å². The third-order valence-electron chi connectivity index (χ3n) is 4.48. The summed E-state index contributed by atoms with van der Waals surface area (Å²) in [6.45, 7) is 4.16. The molecule has 2 aromatic heterocycles. The highest BCUT2D eigenvalue weighted by atomic mass is 32.1. The Kier molecular flexibility index (Phi) is 4.18. The van der Waals surface area contributed by atoms with Crippen molar-refractivity contribution in [3.05, 3.63) is 34.3 Å². The van der Waals surface area contributed by atoms with Gasteiger partial charge in [-0.05, 0) is 30.2 Å². The molecule has 1 amide bonds. The van der Waals surface area contributed by atoms with Crippen LogP contribution in [0, 0.1) is 17.2 Å². The minimum Gasteiger partial charge on any atom is -0.343 e.